The molecule has 0 fully saturated rings. The molecule has 0 heterocycles. The predicted molar refractivity (Wildman–Crippen MR) is 82.2 cm³/mol. The van der Waals surface area contributed by atoms with Crippen LogP contribution < -0.4 is 5.32 Å². The predicted octanol–water partition coefficient (Wildman–Crippen LogP) is 2.37. The fourth-order valence-corrected chi connectivity index (χ4v) is 1.99. The summed E-state index contributed by atoms with van der Waals surface area (Å²) in [7, 11) is 1.68. The molecule has 2 N–H and O–H groups in total. The van der Waals surface area contributed by atoms with Crippen LogP contribution in [0, 0.1) is 5.92 Å². The summed E-state index contributed by atoms with van der Waals surface area (Å²) in [5.41, 5.74) is 0.884. The van der Waals surface area contributed by atoms with Crippen LogP contribution in [0.25, 0.3) is 0 Å². The summed E-state index contributed by atoms with van der Waals surface area (Å²) < 4.78 is 0. The van der Waals surface area contributed by atoms with Crippen molar-refractivity contribution in [1.29, 1.82) is 0 Å². The highest BCUT2D eigenvalue weighted by Gasteiger charge is 2.22. The van der Waals surface area contributed by atoms with E-state index in [0.717, 1.165) is 12.0 Å². The molecule has 0 saturated heterocycles. The maximum atomic E-state index is 12.1. The van der Waals surface area contributed by atoms with Crippen molar-refractivity contribution in [3.63, 3.8) is 0 Å². The normalized spacial score (nSPS) is 13.3. The SMILES string of the molecule is CCC(C)CN(C)C(=O)NC(Cc1ccccc1)C(=O)O. The summed E-state index contributed by atoms with van der Waals surface area (Å²) in [4.78, 5) is 24.9. The second-order valence-corrected chi connectivity index (χ2v) is 5.42. The minimum atomic E-state index is -1.02. The molecule has 0 aliphatic rings. The van der Waals surface area contributed by atoms with E-state index < -0.39 is 12.0 Å². The first-order chi connectivity index (χ1) is 9.93. The van der Waals surface area contributed by atoms with Crippen molar-refractivity contribution in [3.8, 4) is 0 Å². The number of hydrogen-bond acceptors (Lipinski definition) is 2. The number of carbonyl (C=O) groups is 2. The van der Waals surface area contributed by atoms with Crippen LogP contribution in [-0.2, 0) is 11.2 Å². The van der Waals surface area contributed by atoms with Gasteiger partial charge in [-0.3, -0.25) is 0 Å². The molecule has 2 atom stereocenters. The average Bonchev–Trinajstić information content (AvgIpc) is 2.47. The van der Waals surface area contributed by atoms with Gasteiger partial charge in [-0.1, -0.05) is 50.6 Å². The molecule has 5 nitrogen and oxygen atoms in total. The Hall–Kier alpha value is -2.04. The summed E-state index contributed by atoms with van der Waals surface area (Å²) in [6.07, 6.45) is 1.25. The molecule has 21 heavy (non-hydrogen) atoms. The van der Waals surface area contributed by atoms with Crippen molar-refractivity contribution in [2.75, 3.05) is 13.6 Å². The van der Waals surface area contributed by atoms with Gasteiger partial charge in [-0.2, -0.15) is 0 Å². The zero-order valence-electron chi connectivity index (χ0n) is 12.9. The van der Waals surface area contributed by atoms with E-state index in [-0.39, 0.29) is 12.5 Å². The number of urea groups is 1. The molecule has 0 spiro atoms. The Labute approximate surface area is 126 Å². The van der Waals surface area contributed by atoms with Crippen LogP contribution in [-0.4, -0.2) is 41.6 Å². The number of carboxylic acid groups (broad SMARTS) is 1. The fourth-order valence-electron chi connectivity index (χ4n) is 1.99. The van der Waals surface area contributed by atoms with Crippen LogP contribution in [0.15, 0.2) is 30.3 Å². The molecule has 2 amide bonds. The number of nitrogens with one attached hydrogen (secondary N) is 1. The number of aliphatic carboxylic acids is 1. The Morgan fingerprint density at radius 1 is 1.29 bits per heavy atom. The lowest BCUT2D eigenvalue weighted by Crippen LogP contribution is -2.48. The second kappa shape index (κ2) is 8.29. The van der Waals surface area contributed by atoms with E-state index in [2.05, 4.69) is 19.2 Å². The molecule has 0 bridgehead atoms. The number of hydrogen-bond donors (Lipinski definition) is 2. The molecule has 116 valence electrons. The largest absolute Gasteiger partial charge is 0.480 e. The van der Waals surface area contributed by atoms with Crippen molar-refractivity contribution in [2.45, 2.75) is 32.7 Å². The van der Waals surface area contributed by atoms with Crippen molar-refractivity contribution in [3.05, 3.63) is 35.9 Å². The highest BCUT2D eigenvalue weighted by atomic mass is 16.4. The molecule has 1 aromatic rings. The smallest absolute Gasteiger partial charge is 0.326 e. The lowest BCUT2D eigenvalue weighted by molar-refractivity contribution is -0.139. The quantitative estimate of drug-likeness (QED) is 0.810. The van der Waals surface area contributed by atoms with Crippen LogP contribution in [0.1, 0.15) is 25.8 Å². The minimum Gasteiger partial charge on any atom is -0.480 e. The summed E-state index contributed by atoms with van der Waals surface area (Å²) in [6, 6.07) is 8.02. The van der Waals surface area contributed by atoms with Gasteiger partial charge in [0.15, 0.2) is 0 Å². The van der Waals surface area contributed by atoms with E-state index in [1.54, 1.807) is 7.05 Å². The van der Waals surface area contributed by atoms with Gasteiger partial charge >= 0.3 is 12.0 Å². The Bertz CT molecular complexity index is 462. The van der Waals surface area contributed by atoms with Gasteiger partial charge in [0.1, 0.15) is 6.04 Å². The van der Waals surface area contributed by atoms with Crippen molar-refractivity contribution in [1.82, 2.24) is 10.2 Å². The third kappa shape index (κ3) is 5.85. The third-order valence-corrected chi connectivity index (χ3v) is 3.51. The Kier molecular flexibility index (Phi) is 6.72. The molecule has 1 rings (SSSR count). The number of amides is 2. The summed E-state index contributed by atoms with van der Waals surface area (Å²) >= 11 is 0. The van der Waals surface area contributed by atoms with Gasteiger partial charge in [-0.05, 0) is 11.5 Å². The van der Waals surface area contributed by atoms with Crippen LogP contribution >= 0.6 is 0 Å². The molecule has 5 heteroatoms. The first-order valence-corrected chi connectivity index (χ1v) is 7.22. The number of carbonyl (C=O) groups excluding carboxylic acids is 1. The van der Waals surface area contributed by atoms with Crippen molar-refractivity contribution < 1.29 is 14.7 Å². The molecule has 0 aliphatic heterocycles. The first kappa shape index (κ1) is 17.0. The Balaban J connectivity index is 2.62. The summed E-state index contributed by atoms with van der Waals surface area (Å²) in [6.45, 7) is 4.73. The zero-order valence-corrected chi connectivity index (χ0v) is 12.9. The van der Waals surface area contributed by atoms with Crippen LogP contribution in [0.2, 0.25) is 0 Å². The highest BCUT2D eigenvalue weighted by Crippen LogP contribution is 2.06. The maximum Gasteiger partial charge on any atom is 0.326 e. The van der Waals surface area contributed by atoms with E-state index in [0.29, 0.717) is 12.5 Å². The summed E-state index contributed by atoms with van der Waals surface area (Å²) in [5, 5.41) is 11.8. The van der Waals surface area contributed by atoms with Crippen molar-refractivity contribution >= 4 is 12.0 Å². The molecule has 0 radical (unpaired) electrons. The number of carboxylic acids is 1. The summed E-state index contributed by atoms with van der Waals surface area (Å²) in [5.74, 6) is -0.637. The molecule has 0 aliphatic carbocycles. The topological polar surface area (TPSA) is 69.6 Å². The third-order valence-electron chi connectivity index (χ3n) is 3.51. The van der Waals surface area contributed by atoms with Gasteiger partial charge in [-0.15, -0.1) is 0 Å². The number of nitrogens with zero attached hydrogens (tertiary/aromatic N) is 1. The van der Waals surface area contributed by atoms with Gasteiger partial charge in [-0.25, -0.2) is 9.59 Å². The lowest BCUT2D eigenvalue weighted by Gasteiger charge is -2.23. The van der Waals surface area contributed by atoms with E-state index in [1.165, 1.54) is 4.90 Å². The van der Waals surface area contributed by atoms with E-state index in [4.69, 9.17) is 0 Å². The zero-order chi connectivity index (χ0) is 15.8. The molecule has 1 aromatic carbocycles. The van der Waals surface area contributed by atoms with Crippen LogP contribution in [0.5, 0.6) is 0 Å². The molecular formula is C16H24N2O3. The van der Waals surface area contributed by atoms with Gasteiger partial charge in [0.2, 0.25) is 0 Å². The van der Waals surface area contributed by atoms with Gasteiger partial charge < -0.3 is 15.3 Å². The van der Waals surface area contributed by atoms with Gasteiger partial charge in [0, 0.05) is 20.0 Å². The van der Waals surface area contributed by atoms with E-state index >= 15 is 0 Å². The molecular weight excluding hydrogens is 268 g/mol. The second-order valence-electron chi connectivity index (χ2n) is 5.42. The maximum absolute atomic E-state index is 12.1. The van der Waals surface area contributed by atoms with E-state index in [9.17, 15) is 14.7 Å². The molecule has 0 aromatic heterocycles. The number of benzene rings is 1. The van der Waals surface area contributed by atoms with Crippen molar-refractivity contribution in [2.24, 2.45) is 5.92 Å². The first-order valence-electron chi connectivity index (χ1n) is 7.22. The monoisotopic (exact) mass is 292 g/mol. The lowest BCUT2D eigenvalue weighted by atomic mass is 10.1. The molecule has 0 saturated carbocycles. The number of rotatable bonds is 7. The van der Waals surface area contributed by atoms with Crippen LogP contribution in [0.3, 0.4) is 0 Å². The average molecular weight is 292 g/mol. The van der Waals surface area contributed by atoms with Gasteiger partial charge in [0.25, 0.3) is 0 Å². The van der Waals surface area contributed by atoms with Crippen LogP contribution in [0.4, 0.5) is 4.79 Å². The standard InChI is InChI=1S/C16H24N2O3/c1-4-12(2)11-18(3)16(21)17-14(15(19)20)10-13-8-6-5-7-9-13/h5-9,12,14H,4,10-11H2,1-3H3,(H,17,21)(H,19,20). The minimum absolute atomic E-state index is 0.277. The van der Waals surface area contributed by atoms with E-state index in [1.807, 2.05) is 30.3 Å². The Morgan fingerprint density at radius 3 is 2.43 bits per heavy atom. The highest BCUT2D eigenvalue weighted by molar-refractivity contribution is 5.82. The molecule has 2 unspecified atom stereocenters. The fraction of sp³-hybridized carbons (Fsp3) is 0.500. The van der Waals surface area contributed by atoms with Gasteiger partial charge in [0.05, 0.1) is 0 Å². The Morgan fingerprint density at radius 2 is 1.90 bits per heavy atom.